The molecular formula is C18H22N2O. The molecule has 1 saturated heterocycles. The van der Waals surface area contributed by atoms with E-state index in [-0.39, 0.29) is 5.91 Å². The van der Waals surface area contributed by atoms with Crippen LogP contribution < -0.4 is 5.32 Å². The molecule has 1 atom stereocenters. The van der Waals surface area contributed by atoms with Crippen molar-refractivity contribution in [3.05, 3.63) is 48.0 Å². The lowest BCUT2D eigenvalue weighted by atomic mass is 10.0. The molecule has 0 bridgehead atoms. The molecular weight excluding hydrogens is 260 g/mol. The average molecular weight is 282 g/mol. The third kappa shape index (κ3) is 3.08. The van der Waals surface area contributed by atoms with Crippen molar-refractivity contribution < 1.29 is 4.79 Å². The number of fused-ring (bicyclic) bond motifs is 1. The van der Waals surface area contributed by atoms with E-state index in [0.29, 0.717) is 12.5 Å². The van der Waals surface area contributed by atoms with Crippen molar-refractivity contribution in [1.82, 2.24) is 10.2 Å². The largest absolute Gasteiger partial charge is 0.341 e. The van der Waals surface area contributed by atoms with Gasteiger partial charge in [0.2, 0.25) is 5.91 Å². The Morgan fingerprint density at radius 3 is 2.86 bits per heavy atom. The summed E-state index contributed by atoms with van der Waals surface area (Å²) in [5.74, 6) is 0.208. The maximum absolute atomic E-state index is 12.6. The first-order valence-electron chi connectivity index (χ1n) is 7.69. The number of benzene rings is 2. The smallest absolute Gasteiger partial charge is 0.227 e. The summed E-state index contributed by atoms with van der Waals surface area (Å²) in [5.41, 5.74) is 1.12. The van der Waals surface area contributed by atoms with E-state index < -0.39 is 0 Å². The van der Waals surface area contributed by atoms with Gasteiger partial charge >= 0.3 is 0 Å². The zero-order valence-corrected chi connectivity index (χ0v) is 12.5. The first kappa shape index (κ1) is 14.1. The number of carbonyl (C=O) groups excluding carboxylic acids is 1. The summed E-state index contributed by atoms with van der Waals surface area (Å²) < 4.78 is 0. The molecule has 21 heavy (non-hydrogen) atoms. The third-order valence-corrected chi connectivity index (χ3v) is 4.43. The number of rotatable bonds is 3. The van der Waals surface area contributed by atoms with E-state index in [0.717, 1.165) is 31.5 Å². The van der Waals surface area contributed by atoms with Crippen LogP contribution in [-0.4, -0.2) is 37.0 Å². The molecule has 0 spiro atoms. The predicted molar refractivity (Wildman–Crippen MR) is 86.3 cm³/mol. The molecule has 2 aromatic carbocycles. The molecule has 1 aliphatic heterocycles. The molecule has 3 heteroatoms. The van der Waals surface area contributed by atoms with Crippen LogP contribution >= 0.6 is 0 Å². The second kappa shape index (κ2) is 6.27. The summed E-state index contributed by atoms with van der Waals surface area (Å²) in [7, 11) is 1.94. The lowest BCUT2D eigenvalue weighted by molar-refractivity contribution is -0.131. The van der Waals surface area contributed by atoms with Crippen LogP contribution in [0.15, 0.2) is 42.5 Å². The van der Waals surface area contributed by atoms with Crippen molar-refractivity contribution in [2.45, 2.75) is 25.3 Å². The zero-order valence-electron chi connectivity index (χ0n) is 12.5. The van der Waals surface area contributed by atoms with Crippen molar-refractivity contribution in [1.29, 1.82) is 0 Å². The van der Waals surface area contributed by atoms with Gasteiger partial charge in [-0.15, -0.1) is 0 Å². The molecule has 0 aliphatic carbocycles. The molecule has 0 radical (unpaired) electrons. The molecule has 1 fully saturated rings. The Labute approximate surface area is 125 Å². The molecule has 110 valence electrons. The van der Waals surface area contributed by atoms with Gasteiger partial charge in [-0.3, -0.25) is 4.79 Å². The van der Waals surface area contributed by atoms with Crippen molar-refractivity contribution in [3.63, 3.8) is 0 Å². The molecule has 1 amide bonds. The summed E-state index contributed by atoms with van der Waals surface area (Å²) in [6, 6.07) is 14.8. The normalized spacial score (nSPS) is 18.6. The fourth-order valence-electron chi connectivity index (χ4n) is 3.10. The van der Waals surface area contributed by atoms with Crippen molar-refractivity contribution in [3.8, 4) is 0 Å². The van der Waals surface area contributed by atoms with Gasteiger partial charge in [-0.2, -0.15) is 0 Å². The van der Waals surface area contributed by atoms with E-state index in [4.69, 9.17) is 0 Å². The average Bonchev–Trinajstić information content (AvgIpc) is 2.55. The molecule has 1 unspecified atom stereocenters. The van der Waals surface area contributed by atoms with Crippen molar-refractivity contribution in [2.24, 2.45) is 0 Å². The van der Waals surface area contributed by atoms with Crippen molar-refractivity contribution in [2.75, 3.05) is 20.1 Å². The first-order chi connectivity index (χ1) is 10.3. The first-order valence-corrected chi connectivity index (χ1v) is 7.69. The number of hydrogen-bond acceptors (Lipinski definition) is 2. The second-order valence-corrected chi connectivity index (χ2v) is 5.82. The number of carbonyl (C=O) groups is 1. The summed E-state index contributed by atoms with van der Waals surface area (Å²) in [6.45, 7) is 1.99. The van der Waals surface area contributed by atoms with Gasteiger partial charge in [0.05, 0.1) is 6.42 Å². The van der Waals surface area contributed by atoms with Crippen LogP contribution in [0.25, 0.3) is 10.8 Å². The second-order valence-electron chi connectivity index (χ2n) is 5.82. The van der Waals surface area contributed by atoms with Gasteiger partial charge in [0.15, 0.2) is 0 Å². The van der Waals surface area contributed by atoms with Crippen LogP contribution in [0.3, 0.4) is 0 Å². The summed E-state index contributed by atoms with van der Waals surface area (Å²) in [6.07, 6.45) is 2.73. The predicted octanol–water partition coefficient (Wildman–Crippen LogP) is 2.59. The van der Waals surface area contributed by atoms with Gasteiger partial charge in [-0.1, -0.05) is 42.5 Å². The lowest BCUT2D eigenvalue weighted by Gasteiger charge is -2.32. The van der Waals surface area contributed by atoms with E-state index >= 15 is 0 Å². The molecule has 3 rings (SSSR count). The third-order valence-electron chi connectivity index (χ3n) is 4.43. The minimum absolute atomic E-state index is 0.208. The number of hydrogen-bond donors (Lipinski definition) is 1. The molecule has 1 heterocycles. The van der Waals surface area contributed by atoms with Gasteiger partial charge < -0.3 is 10.2 Å². The minimum atomic E-state index is 0.208. The highest BCUT2D eigenvalue weighted by Crippen LogP contribution is 2.20. The Hall–Kier alpha value is -1.87. The number of likely N-dealkylation sites (N-methyl/N-ethyl adjacent to an activating group) is 1. The molecule has 1 N–H and O–H groups in total. The van der Waals surface area contributed by atoms with E-state index in [1.165, 1.54) is 10.8 Å². The Morgan fingerprint density at radius 2 is 2.05 bits per heavy atom. The van der Waals surface area contributed by atoms with Crippen molar-refractivity contribution >= 4 is 16.7 Å². The quantitative estimate of drug-likeness (QED) is 0.938. The number of piperidine rings is 1. The Morgan fingerprint density at radius 1 is 1.24 bits per heavy atom. The van der Waals surface area contributed by atoms with Crippen LogP contribution in [-0.2, 0) is 11.2 Å². The highest BCUT2D eigenvalue weighted by Gasteiger charge is 2.22. The van der Waals surface area contributed by atoms with Crippen LogP contribution in [0.4, 0.5) is 0 Å². The van der Waals surface area contributed by atoms with Gasteiger partial charge in [0, 0.05) is 19.6 Å². The summed E-state index contributed by atoms with van der Waals surface area (Å²) >= 11 is 0. The van der Waals surface area contributed by atoms with Gasteiger partial charge in [0.1, 0.15) is 0 Å². The molecule has 2 aromatic rings. The monoisotopic (exact) mass is 282 g/mol. The van der Waals surface area contributed by atoms with E-state index in [2.05, 4.69) is 29.6 Å². The number of amides is 1. The van der Waals surface area contributed by atoms with E-state index in [9.17, 15) is 4.79 Å². The maximum Gasteiger partial charge on any atom is 0.227 e. The van der Waals surface area contributed by atoms with Crippen LogP contribution in [0.2, 0.25) is 0 Å². The van der Waals surface area contributed by atoms with Gasteiger partial charge in [0.25, 0.3) is 0 Å². The molecule has 3 nitrogen and oxygen atoms in total. The molecule has 0 aromatic heterocycles. The number of nitrogens with one attached hydrogen (secondary N) is 1. The number of nitrogens with zero attached hydrogens (tertiary/aromatic N) is 1. The van der Waals surface area contributed by atoms with Crippen LogP contribution in [0.1, 0.15) is 18.4 Å². The maximum atomic E-state index is 12.6. The Kier molecular flexibility index (Phi) is 4.20. The minimum Gasteiger partial charge on any atom is -0.341 e. The fourth-order valence-corrected chi connectivity index (χ4v) is 3.10. The van der Waals surface area contributed by atoms with Crippen LogP contribution in [0, 0.1) is 0 Å². The lowest BCUT2D eigenvalue weighted by Crippen LogP contribution is -2.47. The van der Waals surface area contributed by atoms with Gasteiger partial charge in [-0.25, -0.2) is 0 Å². The molecule has 0 saturated carbocycles. The topological polar surface area (TPSA) is 32.3 Å². The zero-order chi connectivity index (χ0) is 14.7. The highest BCUT2D eigenvalue weighted by molar-refractivity contribution is 5.90. The summed E-state index contributed by atoms with van der Waals surface area (Å²) in [5, 5.41) is 5.75. The van der Waals surface area contributed by atoms with E-state index in [1.54, 1.807) is 0 Å². The Balaban J connectivity index is 1.76. The standard InChI is InChI=1S/C18H22N2O/c1-20(16-9-5-11-19-13-16)18(21)12-15-8-4-7-14-6-2-3-10-17(14)15/h2-4,6-8,10,16,19H,5,9,11-13H2,1H3. The SMILES string of the molecule is CN(C(=O)Cc1cccc2ccccc12)C1CCCNC1. The summed E-state index contributed by atoms with van der Waals surface area (Å²) in [4.78, 5) is 14.5. The fraction of sp³-hybridized carbons (Fsp3) is 0.389. The molecule has 1 aliphatic rings. The van der Waals surface area contributed by atoms with Crippen LogP contribution in [0.5, 0.6) is 0 Å². The highest BCUT2D eigenvalue weighted by atomic mass is 16.2. The Bertz CT molecular complexity index is 627. The van der Waals surface area contributed by atoms with E-state index in [1.807, 2.05) is 30.1 Å². The van der Waals surface area contributed by atoms with Gasteiger partial charge in [-0.05, 0) is 35.7 Å².